The predicted octanol–water partition coefficient (Wildman–Crippen LogP) is 0.729. The molecule has 0 bridgehead atoms. The standard InChI is InChI=1S/C60H88N6O21/c61-45(27-39-5-9-51(69)55(73)31-39)49(67)3-1-15-79-19-21-83-35-43(86-25-23-81-17-13-65-59(77)47(63)29-41-7-11-53(71)57(75)33-41)37-85-38-44(87-26-24-82-18-14-66-60(78)48(64)30-42-8-12-54(72)58(76)34-42)36-84-22-20-80-16-2-4-50(68)46(62)28-40-6-10-52(70)56(74)32-40/h5-12,31-34,43-48,69-76H,1-4,13-30,35-38,61-64H2,(H,65,77)(H,66,78). The van der Waals surface area contributed by atoms with Gasteiger partial charge in [0.1, 0.15) is 23.8 Å². The van der Waals surface area contributed by atoms with Gasteiger partial charge in [0.05, 0.1) is 117 Å². The minimum Gasteiger partial charge on any atom is -0.504 e. The molecule has 4 aromatic rings. The van der Waals surface area contributed by atoms with Crippen LogP contribution in [-0.2, 0) is 87.5 Å². The first kappa shape index (κ1) is 72.5. The molecule has 0 heterocycles. The number of ether oxygens (including phenoxy) is 9. The number of phenols is 8. The van der Waals surface area contributed by atoms with Crippen molar-refractivity contribution in [3.8, 4) is 46.0 Å². The van der Waals surface area contributed by atoms with Crippen LogP contribution in [0.4, 0.5) is 0 Å². The molecule has 27 nitrogen and oxygen atoms in total. The SMILES string of the molecule is NC(Cc1ccc(O)c(O)c1)C(=O)CCCOCCOCC(COCC(COCCOCCCC(=O)C(N)Cc1ccc(O)c(O)c1)OCCOCCNC(=O)C(N)Cc1ccc(O)c(O)c1)OCCOCCNC(=O)C(N)Cc1ccc(O)c(O)c1. The molecule has 484 valence electrons. The van der Waals surface area contributed by atoms with E-state index in [0.717, 1.165) is 0 Å². The van der Waals surface area contributed by atoms with Crippen molar-refractivity contribution in [3.63, 3.8) is 0 Å². The molecule has 18 N–H and O–H groups in total. The third-order valence-corrected chi connectivity index (χ3v) is 13.1. The Morgan fingerprint density at radius 2 is 0.632 bits per heavy atom. The molecule has 87 heavy (non-hydrogen) atoms. The summed E-state index contributed by atoms with van der Waals surface area (Å²) in [6.07, 6.45) is 0.653. The number of hydrogen-bond donors (Lipinski definition) is 14. The van der Waals surface area contributed by atoms with Gasteiger partial charge in [-0.15, -0.1) is 0 Å². The van der Waals surface area contributed by atoms with Crippen molar-refractivity contribution in [1.29, 1.82) is 0 Å². The van der Waals surface area contributed by atoms with Crippen LogP contribution in [0.1, 0.15) is 47.9 Å². The lowest BCUT2D eigenvalue weighted by Crippen LogP contribution is -2.43. The second-order valence-corrected chi connectivity index (χ2v) is 20.4. The van der Waals surface area contributed by atoms with Crippen LogP contribution >= 0.6 is 0 Å². The van der Waals surface area contributed by atoms with Crippen LogP contribution in [0.5, 0.6) is 46.0 Å². The van der Waals surface area contributed by atoms with Gasteiger partial charge in [-0.05, 0) is 109 Å². The molecule has 0 aromatic heterocycles. The Morgan fingerprint density at radius 3 is 0.966 bits per heavy atom. The van der Waals surface area contributed by atoms with Crippen molar-refractivity contribution < 1.29 is 103 Å². The molecule has 0 aliphatic heterocycles. The monoisotopic (exact) mass is 1230 g/mol. The highest BCUT2D eigenvalue weighted by Crippen LogP contribution is 2.28. The van der Waals surface area contributed by atoms with Crippen molar-refractivity contribution in [3.05, 3.63) is 95.1 Å². The molecule has 6 atom stereocenters. The van der Waals surface area contributed by atoms with E-state index in [0.29, 0.717) is 35.1 Å². The van der Waals surface area contributed by atoms with Gasteiger partial charge in [-0.1, -0.05) is 24.3 Å². The number of rotatable bonds is 48. The van der Waals surface area contributed by atoms with Gasteiger partial charge in [-0.25, -0.2) is 0 Å². The van der Waals surface area contributed by atoms with Crippen LogP contribution in [0.25, 0.3) is 0 Å². The molecular formula is C60H88N6O21. The van der Waals surface area contributed by atoms with E-state index < -0.39 is 48.2 Å². The number of hydrogen-bond acceptors (Lipinski definition) is 25. The number of benzene rings is 4. The van der Waals surface area contributed by atoms with Crippen molar-refractivity contribution in [2.24, 2.45) is 22.9 Å². The first-order valence-electron chi connectivity index (χ1n) is 28.7. The summed E-state index contributed by atoms with van der Waals surface area (Å²) in [6, 6.07) is 13.6. The molecule has 0 fully saturated rings. The smallest absolute Gasteiger partial charge is 0.237 e. The highest BCUT2D eigenvalue weighted by atomic mass is 16.6. The largest absolute Gasteiger partial charge is 0.504 e. The number of phenolic OH excluding ortho intramolecular Hbond substituents is 8. The summed E-state index contributed by atoms with van der Waals surface area (Å²) in [5, 5.41) is 82.7. The minimum absolute atomic E-state index is 0.0503. The maximum Gasteiger partial charge on any atom is 0.237 e. The zero-order valence-corrected chi connectivity index (χ0v) is 49.0. The van der Waals surface area contributed by atoms with E-state index >= 15 is 0 Å². The maximum absolute atomic E-state index is 12.6. The highest BCUT2D eigenvalue weighted by Gasteiger charge is 2.20. The Hall–Kier alpha value is -6.96. The fourth-order valence-electron chi connectivity index (χ4n) is 8.28. The fraction of sp³-hybridized carbons (Fsp3) is 0.533. The van der Waals surface area contributed by atoms with Crippen LogP contribution < -0.4 is 33.6 Å². The Labute approximate surface area is 505 Å². The van der Waals surface area contributed by atoms with Gasteiger partial charge in [-0.2, -0.15) is 0 Å². The molecule has 2 amide bonds. The number of carbonyl (C=O) groups excluding carboxylic acids is 4. The first-order chi connectivity index (χ1) is 41.8. The summed E-state index contributed by atoms with van der Waals surface area (Å²) in [6.45, 7) is 2.76. The number of carbonyl (C=O) groups is 4. The molecule has 0 radical (unpaired) electrons. The number of aromatic hydroxyl groups is 8. The Balaban J connectivity index is 1.23. The predicted molar refractivity (Wildman–Crippen MR) is 316 cm³/mol. The number of Topliss-reactive ketones (excluding diaryl/α,β-unsaturated/α-hetero) is 2. The van der Waals surface area contributed by atoms with Crippen molar-refractivity contribution >= 4 is 23.4 Å². The Morgan fingerprint density at radius 1 is 0.345 bits per heavy atom. The topological polar surface area (TPSA) is 441 Å². The van der Waals surface area contributed by atoms with Gasteiger partial charge < -0.3 is 117 Å². The molecule has 0 aliphatic carbocycles. The molecule has 0 spiro atoms. The van der Waals surface area contributed by atoms with Gasteiger partial charge in [0.25, 0.3) is 0 Å². The quantitative estimate of drug-likeness (QED) is 0.0214. The molecule has 4 rings (SSSR count). The van der Waals surface area contributed by atoms with Crippen LogP contribution in [-0.4, -0.2) is 219 Å². The van der Waals surface area contributed by atoms with Gasteiger partial charge in [0.2, 0.25) is 11.8 Å². The van der Waals surface area contributed by atoms with Crippen LogP contribution in [0.3, 0.4) is 0 Å². The average molecular weight is 1230 g/mol. The molecule has 27 heteroatoms. The normalized spacial score (nSPS) is 13.6. The first-order valence-corrected chi connectivity index (χ1v) is 28.7. The van der Waals surface area contributed by atoms with Crippen LogP contribution in [0.15, 0.2) is 72.8 Å². The molecular weight excluding hydrogens is 1140 g/mol. The zero-order valence-electron chi connectivity index (χ0n) is 49.0. The van der Waals surface area contributed by atoms with Crippen LogP contribution in [0, 0.1) is 0 Å². The van der Waals surface area contributed by atoms with E-state index in [4.69, 9.17) is 65.6 Å². The second kappa shape index (κ2) is 41.2. The summed E-state index contributed by atoms with van der Waals surface area (Å²) in [5.41, 5.74) is 26.6. The van der Waals surface area contributed by atoms with Gasteiger partial charge in [-0.3, -0.25) is 19.2 Å². The van der Waals surface area contributed by atoms with E-state index in [1.165, 1.54) is 48.5 Å². The summed E-state index contributed by atoms with van der Waals surface area (Å²) >= 11 is 0. The number of nitrogens with one attached hydrogen (secondary N) is 2. The fourth-order valence-corrected chi connectivity index (χ4v) is 8.28. The maximum atomic E-state index is 12.6. The van der Waals surface area contributed by atoms with E-state index in [1.54, 1.807) is 24.3 Å². The van der Waals surface area contributed by atoms with Crippen molar-refractivity contribution in [2.75, 3.05) is 119 Å². The van der Waals surface area contributed by atoms with E-state index in [9.17, 15) is 60.0 Å². The number of nitrogens with two attached hydrogens (primary N) is 4. The van der Waals surface area contributed by atoms with Crippen molar-refractivity contribution in [2.45, 2.75) is 87.7 Å². The van der Waals surface area contributed by atoms with Gasteiger partial charge >= 0.3 is 0 Å². The summed E-state index contributed by atoms with van der Waals surface area (Å²) < 4.78 is 52.8. The highest BCUT2D eigenvalue weighted by molar-refractivity contribution is 5.85. The minimum atomic E-state index is -0.911. The van der Waals surface area contributed by atoms with Gasteiger partial charge in [0.15, 0.2) is 46.0 Å². The van der Waals surface area contributed by atoms with Crippen molar-refractivity contribution in [1.82, 2.24) is 10.6 Å². The summed E-state index contributed by atoms with van der Waals surface area (Å²) in [7, 11) is 0. The average Bonchev–Trinajstić information content (AvgIpc) is 3.70. The summed E-state index contributed by atoms with van der Waals surface area (Å²) in [5.74, 6) is -3.52. The Bertz CT molecular complexity index is 2500. The third-order valence-electron chi connectivity index (χ3n) is 13.1. The summed E-state index contributed by atoms with van der Waals surface area (Å²) in [4.78, 5) is 50.5. The lowest BCUT2D eigenvalue weighted by molar-refractivity contribution is -0.123. The second-order valence-electron chi connectivity index (χ2n) is 20.4. The molecule has 6 unspecified atom stereocenters. The lowest BCUT2D eigenvalue weighted by Gasteiger charge is -2.22. The zero-order chi connectivity index (χ0) is 63.3. The molecule has 0 aliphatic rings. The van der Waals surface area contributed by atoms with E-state index in [-0.39, 0.29) is 215 Å². The number of amides is 2. The lowest BCUT2D eigenvalue weighted by atomic mass is 10.0. The van der Waals surface area contributed by atoms with Crippen LogP contribution in [0.2, 0.25) is 0 Å². The number of ketones is 2. The molecule has 0 saturated heterocycles. The Kier molecular flexibility index (Phi) is 34.4. The van der Waals surface area contributed by atoms with E-state index in [1.807, 2.05) is 0 Å². The third kappa shape index (κ3) is 30.0. The molecule has 0 saturated carbocycles. The van der Waals surface area contributed by atoms with E-state index in [2.05, 4.69) is 10.6 Å². The molecule has 4 aromatic carbocycles. The van der Waals surface area contributed by atoms with Gasteiger partial charge in [0, 0.05) is 39.1 Å².